The fourth-order valence-corrected chi connectivity index (χ4v) is 1.68. The van der Waals surface area contributed by atoms with Gasteiger partial charge in [0.25, 0.3) is 0 Å². The largest absolute Gasteiger partial charge is 0.324 e. The normalized spacial score (nSPS) is 18.7. The molecular weight excluding hydrogens is 165 g/mol. The molecule has 2 heteroatoms. The molecular formula is C11H14FN. The Morgan fingerprint density at radius 1 is 1.46 bits per heavy atom. The van der Waals surface area contributed by atoms with Crippen LogP contribution in [0, 0.1) is 18.7 Å². The van der Waals surface area contributed by atoms with E-state index in [-0.39, 0.29) is 11.9 Å². The summed E-state index contributed by atoms with van der Waals surface area (Å²) in [6.45, 7) is 1.98. The van der Waals surface area contributed by atoms with Crippen LogP contribution in [0.3, 0.4) is 0 Å². The lowest BCUT2D eigenvalue weighted by molar-refractivity contribution is 0.599. The molecule has 1 saturated carbocycles. The van der Waals surface area contributed by atoms with Gasteiger partial charge in [-0.05, 0) is 48.9 Å². The SMILES string of the molecule is Cc1ccc(F)cc1[C@H](N)C1CC1. The van der Waals surface area contributed by atoms with E-state index < -0.39 is 0 Å². The molecule has 0 saturated heterocycles. The Balaban J connectivity index is 2.31. The number of nitrogens with two attached hydrogens (primary N) is 1. The van der Waals surface area contributed by atoms with E-state index in [1.807, 2.05) is 6.92 Å². The smallest absolute Gasteiger partial charge is 0.123 e. The van der Waals surface area contributed by atoms with Gasteiger partial charge in [0.1, 0.15) is 5.82 Å². The van der Waals surface area contributed by atoms with E-state index in [9.17, 15) is 4.39 Å². The molecule has 70 valence electrons. The lowest BCUT2D eigenvalue weighted by Crippen LogP contribution is -2.13. The topological polar surface area (TPSA) is 26.0 Å². The first-order chi connectivity index (χ1) is 6.18. The van der Waals surface area contributed by atoms with Gasteiger partial charge >= 0.3 is 0 Å². The van der Waals surface area contributed by atoms with Crippen LogP contribution in [0.1, 0.15) is 30.0 Å². The van der Waals surface area contributed by atoms with Crippen LogP contribution >= 0.6 is 0 Å². The minimum Gasteiger partial charge on any atom is -0.324 e. The molecule has 0 heterocycles. The van der Waals surface area contributed by atoms with Gasteiger partial charge in [-0.25, -0.2) is 4.39 Å². The van der Waals surface area contributed by atoms with Gasteiger partial charge in [-0.3, -0.25) is 0 Å². The summed E-state index contributed by atoms with van der Waals surface area (Å²) in [5.41, 5.74) is 8.08. The highest BCUT2D eigenvalue weighted by atomic mass is 19.1. The zero-order valence-electron chi connectivity index (χ0n) is 7.76. The number of aryl methyl sites for hydroxylation is 1. The Hall–Kier alpha value is -0.890. The highest BCUT2D eigenvalue weighted by Gasteiger charge is 2.30. The van der Waals surface area contributed by atoms with Crippen molar-refractivity contribution in [1.82, 2.24) is 0 Å². The fourth-order valence-electron chi connectivity index (χ4n) is 1.68. The van der Waals surface area contributed by atoms with E-state index in [0.717, 1.165) is 11.1 Å². The molecule has 1 aliphatic carbocycles. The first-order valence-corrected chi connectivity index (χ1v) is 4.70. The fraction of sp³-hybridized carbons (Fsp3) is 0.455. The van der Waals surface area contributed by atoms with Crippen LogP contribution in [0.25, 0.3) is 0 Å². The molecule has 1 aromatic carbocycles. The van der Waals surface area contributed by atoms with Crippen molar-refractivity contribution in [3.05, 3.63) is 35.1 Å². The molecule has 1 fully saturated rings. The highest BCUT2D eigenvalue weighted by molar-refractivity contribution is 5.30. The number of hydrogen-bond donors (Lipinski definition) is 1. The van der Waals surface area contributed by atoms with Crippen molar-refractivity contribution >= 4 is 0 Å². The molecule has 0 aliphatic heterocycles. The summed E-state index contributed by atoms with van der Waals surface area (Å²) < 4.78 is 12.9. The summed E-state index contributed by atoms with van der Waals surface area (Å²) in [5.74, 6) is 0.400. The first kappa shape index (κ1) is 8.70. The van der Waals surface area contributed by atoms with E-state index in [4.69, 9.17) is 5.73 Å². The third kappa shape index (κ3) is 1.73. The van der Waals surface area contributed by atoms with Gasteiger partial charge in [-0.15, -0.1) is 0 Å². The summed E-state index contributed by atoms with van der Waals surface area (Å²) in [5, 5.41) is 0. The maximum atomic E-state index is 12.9. The van der Waals surface area contributed by atoms with Crippen LogP contribution in [0.2, 0.25) is 0 Å². The van der Waals surface area contributed by atoms with E-state index in [1.54, 1.807) is 12.1 Å². The second-order valence-corrected chi connectivity index (χ2v) is 3.86. The van der Waals surface area contributed by atoms with Crippen molar-refractivity contribution in [3.63, 3.8) is 0 Å². The highest BCUT2D eigenvalue weighted by Crippen LogP contribution is 2.40. The molecule has 2 N–H and O–H groups in total. The Morgan fingerprint density at radius 3 is 2.77 bits per heavy atom. The molecule has 13 heavy (non-hydrogen) atoms. The standard InChI is InChI=1S/C11H14FN/c1-7-2-5-9(12)6-10(7)11(13)8-3-4-8/h2,5-6,8,11H,3-4,13H2,1H3/t11-/m1/s1. The summed E-state index contributed by atoms with van der Waals surface area (Å²) in [4.78, 5) is 0. The van der Waals surface area contributed by atoms with E-state index in [1.165, 1.54) is 18.9 Å². The number of hydrogen-bond acceptors (Lipinski definition) is 1. The molecule has 1 aliphatic rings. The quantitative estimate of drug-likeness (QED) is 0.741. The summed E-state index contributed by atoms with van der Waals surface area (Å²) in [6.07, 6.45) is 2.38. The minimum absolute atomic E-state index is 0.0377. The van der Waals surface area contributed by atoms with Crippen LogP contribution in [-0.2, 0) is 0 Å². The van der Waals surface area contributed by atoms with Crippen LogP contribution in [-0.4, -0.2) is 0 Å². The molecule has 0 spiro atoms. The number of benzene rings is 1. The summed E-state index contributed by atoms with van der Waals surface area (Å²) in [6, 6.07) is 4.89. The Morgan fingerprint density at radius 2 is 2.15 bits per heavy atom. The van der Waals surface area contributed by atoms with Gasteiger partial charge < -0.3 is 5.73 Å². The molecule has 0 aromatic heterocycles. The van der Waals surface area contributed by atoms with Crippen molar-refractivity contribution < 1.29 is 4.39 Å². The Bertz CT molecular complexity index is 318. The average molecular weight is 179 g/mol. The lowest BCUT2D eigenvalue weighted by Gasteiger charge is -2.13. The van der Waals surface area contributed by atoms with E-state index >= 15 is 0 Å². The van der Waals surface area contributed by atoms with Crippen molar-refractivity contribution in [1.29, 1.82) is 0 Å². The van der Waals surface area contributed by atoms with Crippen LogP contribution in [0.15, 0.2) is 18.2 Å². The zero-order valence-corrected chi connectivity index (χ0v) is 7.76. The number of halogens is 1. The molecule has 0 unspecified atom stereocenters. The second-order valence-electron chi connectivity index (χ2n) is 3.86. The van der Waals surface area contributed by atoms with Gasteiger partial charge in [0, 0.05) is 6.04 Å². The maximum absolute atomic E-state index is 12.9. The van der Waals surface area contributed by atoms with Crippen molar-refractivity contribution in [2.75, 3.05) is 0 Å². The minimum atomic E-state index is -0.184. The molecule has 1 aromatic rings. The summed E-state index contributed by atoms with van der Waals surface area (Å²) in [7, 11) is 0. The molecule has 1 atom stereocenters. The Kier molecular flexibility index (Phi) is 2.08. The maximum Gasteiger partial charge on any atom is 0.123 e. The zero-order chi connectivity index (χ0) is 9.42. The molecule has 0 bridgehead atoms. The first-order valence-electron chi connectivity index (χ1n) is 4.70. The van der Waals surface area contributed by atoms with Crippen LogP contribution < -0.4 is 5.73 Å². The van der Waals surface area contributed by atoms with Crippen LogP contribution in [0.4, 0.5) is 4.39 Å². The van der Waals surface area contributed by atoms with Crippen molar-refractivity contribution in [2.45, 2.75) is 25.8 Å². The predicted molar refractivity (Wildman–Crippen MR) is 50.8 cm³/mol. The van der Waals surface area contributed by atoms with Gasteiger partial charge in [-0.2, -0.15) is 0 Å². The molecule has 2 rings (SSSR count). The monoisotopic (exact) mass is 179 g/mol. The van der Waals surface area contributed by atoms with E-state index in [0.29, 0.717) is 5.92 Å². The van der Waals surface area contributed by atoms with Gasteiger partial charge in [-0.1, -0.05) is 6.07 Å². The van der Waals surface area contributed by atoms with Crippen molar-refractivity contribution in [3.8, 4) is 0 Å². The predicted octanol–water partition coefficient (Wildman–Crippen LogP) is 2.54. The second kappa shape index (κ2) is 3.11. The average Bonchev–Trinajstić information content (AvgIpc) is 2.91. The molecule has 0 radical (unpaired) electrons. The third-order valence-electron chi connectivity index (χ3n) is 2.73. The molecule has 1 nitrogen and oxygen atoms in total. The third-order valence-corrected chi connectivity index (χ3v) is 2.73. The van der Waals surface area contributed by atoms with Crippen LogP contribution in [0.5, 0.6) is 0 Å². The lowest BCUT2D eigenvalue weighted by atomic mass is 9.98. The van der Waals surface area contributed by atoms with E-state index in [2.05, 4.69) is 0 Å². The van der Waals surface area contributed by atoms with Gasteiger partial charge in [0.2, 0.25) is 0 Å². The number of rotatable bonds is 2. The van der Waals surface area contributed by atoms with Gasteiger partial charge in [0.15, 0.2) is 0 Å². The van der Waals surface area contributed by atoms with Gasteiger partial charge in [0.05, 0.1) is 0 Å². The Labute approximate surface area is 77.8 Å². The molecule has 0 amide bonds. The summed E-state index contributed by atoms with van der Waals surface area (Å²) >= 11 is 0. The van der Waals surface area contributed by atoms with Crippen molar-refractivity contribution in [2.24, 2.45) is 11.7 Å².